The fourth-order valence-electron chi connectivity index (χ4n) is 2.66. The molecule has 0 radical (unpaired) electrons. The number of unbranched alkanes of at least 4 members (excludes halogenated alkanes) is 11. The molecule has 0 atom stereocenters. The van der Waals surface area contributed by atoms with Crippen LogP contribution in [0.15, 0.2) is 12.2 Å². The van der Waals surface area contributed by atoms with Gasteiger partial charge in [-0.2, -0.15) is 8.42 Å². The van der Waals surface area contributed by atoms with Crippen LogP contribution in [0.3, 0.4) is 0 Å². The molecule has 0 aromatic heterocycles. The second kappa shape index (κ2) is 21.8. The Hall–Kier alpha value is 0.0800. The van der Waals surface area contributed by atoms with E-state index in [0.29, 0.717) is 6.42 Å². The van der Waals surface area contributed by atoms with Crippen molar-refractivity contribution in [2.24, 2.45) is 0 Å². The van der Waals surface area contributed by atoms with Crippen molar-refractivity contribution in [3.8, 4) is 0 Å². The molecule has 6 nitrogen and oxygen atoms in total. The minimum atomic E-state index is -4.33. The molecule has 0 amide bonds. The van der Waals surface area contributed by atoms with Crippen LogP contribution in [0.4, 0.5) is 0 Å². The fourth-order valence-corrected chi connectivity index (χ4v) is 3.30. The Morgan fingerprint density at radius 1 is 0.893 bits per heavy atom. The molecule has 1 N–H and O–H groups in total. The molecule has 0 aliphatic heterocycles. The van der Waals surface area contributed by atoms with E-state index in [2.05, 4.69) is 27.4 Å². The van der Waals surface area contributed by atoms with Crippen LogP contribution in [-0.2, 0) is 23.6 Å². The Balaban J connectivity index is -0.00000338. The van der Waals surface area contributed by atoms with Crippen LogP contribution in [0.25, 0.3) is 0 Å². The summed E-state index contributed by atoms with van der Waals surface area (Å²) in [5.41, 5.74) is 0. The van der Waals surface area contributed by atoms with Gasteiger partial charge in [-0.1, -0.05) is 70.4 Å². The maximum atomic E-state index is 11.4. The molecule has 0 spiro atoms. The third kappa shape index (κ3) is 22.4. The molecule has 0 bridgehead atoms. The molecular formula is C20H39NaO6S. The zero-order chi connectivity index (χ0) is 20.2. The van der Waals surface area contributed by atoms with Gasteiger partial charge in [-0.15, -0.1) is 0 Å². The Kier molecular flexibility index (Phi) is 23.6. The molecule has 0 saturated heterocycles. The summed E-state index contributed by atoms with van der Waals surface area (Å²) >= 11 is 0. The van der Waals surface area contributed by atoms with Crippen molar-refractivity contribution in [1.29, 1.82) is 0 Å². The maximum absolute atomic E-state index is 11.4. The van der Waals surface area contributed by atoms with Crippen LogP contribution in [0.2, 0.25) is 0 Å². The third-order valence-corrected chi connectivity index (χ3v) is 5.00. The zero-order valence-electron chi connectivity index (χ0n) is 18.9. The van der Waals surface area contributed by atoms with Gasteiger partial charge in [-0.3, -0.25) is 4.79 Å². The number of rotatable bonds is 19. The Morgan fingerprint density at radius 2 is 1.39 bits per heavy atom. The first-order valence-corrected chi connectivity index (χ1v) is 11.7. The number of carbonyl (C=O) groups is 1. The van der Waals surface area contributed by atoms with Gasteiger partial charge in [0.2, 0.25) is 0 Å². The Morgan fingerprint density at radius 3 is 1.93 bits per heavy atom. The average Bonchev–Trinajstić information content (AvgIpc) is 2.63. The molecule has 0 fully saturated rings. The molecule has 0 aliphatic carbocycles. The van der Waals surface area contributed by atoms with Gasteiger partial charge < -0.3 is 10.7 Å². The van der Waals surface area contributed by atoms with Crippen molar-refractivity contribution in [3.05, 3.63) is 12.2 Å². The summed E-state index contributed by atoms with van der Waals surface area (Å²) < 4.78 is 30.9. The summed E-state index contributed by atoms with van der Waals surface area (Å²) in [6.45, 7) is 1.37. The van der Waals surface area contributed by atoms with Gasteiger partial charge in [0.25, 0.3) is 0 Å². The summed E-state index contributed by atoms with van der Waals surface area (Å²) in [7, 11) is -4.33. The minimum Gasteiger partial charge on any atom is -1.00 e. The summed E-state index contributed by atoms with van der Waals surface area (Å²) in [6.07, 6.45) is 19.6. The molecule has 0 aromatic rings. The van der Waals surface area contributed by atoms with Crippen LogP contribution in [0, 0.1) is 0 Å². The van der Waals surface area contributed by atoms with Gasteiger partial charge in [0, 0.05) is 6.42 Å². The molecule has 0 rings (SSSR count). The minimum absolute atomic E-state index is 0. The normalized spacial score (nSPS) is 11.5. The molecule has 162 valence electrons. The van der Waals surface area contributed by atoms with E-state index in [-0.39, 0.29) is 37.4 Å². The monoisotopic (exact) mass is 430 g/mol. The van der Waals surface area contributed by atoms with E-state index in [1.54, 1.807) is 0 Å². The predicted molar refractivity (Wildman–Crippen MR) is 109 cm³/mol. The first-order valence-electron chi connectivity index (χ1n) is 10.4. The van der Waals surface area contributed by atoms with Crippen LogP contribution in [-0.4, -0.2) is 32.7 Å². The van der Waals surface area contributed by atoms with E-state index < -0.39 is 29.6 Å². The van der Waals surface area contributed by atoms with Gasteiger partial charge in [-0.25, -0.2) is 4.18 Å². The van der Waals surface area contributed by atoms with E-state index in [4.69, 9.17) is 5.11 Å². The summed E-state index contributed by atoms with van der Waals surface area (Å²) in [6, 6.07) is 0. The molecule has 0 aromatic carbocycles. The molecule has 28 heavy (non-hydrogen) atoms. The van der Waals surface area contributed by atoms with E-state index in [0.717, 1.165) is 32.1 Å². The topological polar surface area (TPSA) is 89.9 Å². The second-order valence-electron chi connectivity index (χ2n) is 6.74. The zero-order valence-corrected chi connectivity index (χ0v) is 20.7. The van der Waals surface area contributed by atoms with Crippen molar-refractivity contribution in [2.45, 2.75) is 96.8 Å². The van der Waals surface area contributed by atoms with Crippen molar-refractivity contribution in [1.82, 2.24) is 0 Å². The van der Waals surface area contributed by atoms with Crippen LogP contribution in [0.5, 0.6) is 0 Å². The number of aliphatic hydroxyl groups is 1. The van der Waals surface area contributed by atoms with Gasteiger partial charge >= 0.3 is 45.9 Å². The van der Waals surface area contributed by atoms with Crippen molar-refractivity contribution in [3.63, 3.8) is 0 Å². The first kappa shape index (κ1) is 30.3. The van der Waals surface area contributed by atoms with Crippen molar-refractivity contribution in [2.75, 3.05) is 13.2 Å². The molecule has 0 aliphatic rings. The second-order valence-corrected chi connectivity index (χ2v) is 7.96. The molecular weight excluding hydrogens is 391 g/mol. The molecule has 0 heterocycles. The van der Waals surface area contributed by atoms with Gasteiger partial charge in [-0.05, 0) is 32.1 Å². The predicted octanol–water partition coefficient (Wildman–Crippen LogP) is 1.94. The molecule has 8 heteroatoms. The third-order valence-electron chi connectivity index (χ3n) is 4.16. The van der Waals surface area contributed by atoms with Crippen molar-refractivity contribution < 1.29 is 57.7 Å². The molecule has 0 saturated carbocycles. The smallest absolute Gasteiger partial charge is 1.00 e. The van der Waals surface area contributed by atoms with E-state index in [1.165, 1.54) is 44.9 Å². The quantitative estimate of drug-likeness (QED) is 0.191. The summed E-state index contributed by atoms with van der Waals surface area (Å²) in [5.74, 6) is -0.814. The van der Waals surface area contributed by atoms with Gasteiger partial charge in [0.05, 0.1) is 13.2 Å². The Labute approximate surface area is 195 Å². The van der Waals surface area contributed by atoms with Crippen molar-refractivity contribution >= 4 is 16.4 Å². The van der Waals surface area contributed by atoms with Crippen LogP contribution >= 0.6 is 0 Å². The fraction of sp³-hybridized carbons (Fsp3) is 0.850. The van der Waals surface area contributed by atoms with Crippen LogP contribution < -0.4 is 29.6 Å². The standard InChI is InChI=1S/C20H38O6S.Na.H/c1-2-3-4-5-6-7-8-9-10-11-12-13-14-15-16-17-20(22)26-27(23,24)25-19-18-21;;/h9-10,21H,2-8,11-19H2,1H3;;/q;+1;-1/b10-9-;;. The van der Waals surface area contributed by atoms with Crippen LogP contribution in [0.1, 0.15) is 98.2 Å². The number of hydrogen-bond acceptors (Lipinski definition) is 6. The summed E-state index contributed by atoms with van der Waals surface area (Å²) in [4.78, 5) is 11.4. The first-order chi connectivity index (χ1) is 13.0. The Bertz CT molecular complexity index is 485. The number of allylic oxidation sites excluding steroid dienone is 2. The van der Waals surface area contributed by atoms with Gasteiger partial charge in [0.15, 0.2) is 0 Å². The number of hydrogen-bond donors (Lipinski definition) is 1. The maximum Gasteiger partial charge on any atom is 1.00 e. The summed E-state index contributed by atoms with van der Waals surface area (Å²) in [5, 5.41) is 8.48. The largest absolute Gasteiger partial charge is 1.00 e. The number of aliphatic hydroxyl groups excluding tert-OH is 1. The van der Waals surface area contributed by atoms with E-state index in [9.17, 15) is 13.2 Å². The van der Waals surface area contributed by atoms with E-state index in [1.807, 2.05) is 0 Å². The molecule has 0 unspecified atom stereocenters. The SMILES string of the molecule is CCCCCCCC/C=C\CCCCCCCC(=O)OS(=O)(=O)OCCO.[H-].[Na+]. The van der Waals surface area contributed by atoms with E-state index >= 15 is 0 Å². The van der Waals surface area contributed by atoms with Gasteiger partial charge in [0.1, 0.15) is 0 Å². The average molecular weight is 431 g/mol. The number of carbonyl (C=O) groups excluding carboxylic acids is 1.